The molecule has 20 heavy (non-hydrogen) atoms. The molecule has 1 saturated carbocycles. The summed E-state index contributed by atoms with van der Waals surface area (Å²) >= 11 is 0. The van der Waals surface area contributed by atoms with Gasteiger partial charge in [-0.2, -0.15) is 0 Å². The van der Waals surface area contributed by atoms with E-state index in [-0.39, 0.29) is 12.0 Å². The molecule has 2 heterocycles. The number of carboxylic acid groups (broad SMARTS) is 1. The second-order valence-corrected chi connectivity index (χ2v) is 6.09. The van der Waals surface area contributed by atoms with Crippen molar-refractivity contribution >= 4 is 11.9 Å². The van der Waals surface area contributed by atoms with E-state index >= 15 is 0 Å². The number of carbonyl (C=O) groups is 2. The molecule has 110 valence electrons. The van der Waals surface area contributed by atoms with E-state index in [4.69, 9.17) is 4.74 Å². The van der Waals surface area contributed by atoms with E-state index in [9.17, 15) is 14.7 Å². The Morgan fingerprint density at radius 1 is 1.10 bits per heavy atom. The van der Waals surface area contributed by atoms with Crippen LogP contribution >= 0.6 is 0 Å². The summed E-state index contributed by atoms with van der Waals surface area (Å²) < 4.78 is 5.52. The van der Waals surface area contributed by atoms with Gasteiger partial charge in [-0.05, 0) is 18.8 Å². The van der Waals surface area contributed by atoms with Crippen molar-refractivity contribution in [2.45, 2.75) is 44.3 Å². The first-order valence-corrected chi connectivity index (χ1v) is 7.51. The van der Waals surface area contributed by atoms with Crippen LogP contribution < -0.4 is 5.32 Å². The normalized spacial score (nSPS) is 36.2. The van der Waals surface area contributed by atoms with E-state index < -0.39 is 23.9 Å². The number of aliphatic carboxylic acids is 1. The second kappa shape index (κ2) is 5.56. The number of amides is 1. The molecule has 0 spiro atoms. The van der Waals surface area contributed by atoms with Crippen molar-refractivity contribution in [2.24, 2.45) is 17.8 Å². The maximum Gasteiger partial charge on any atom is 0.310 e. The number of hydrogen-bond donors (Lipinski definition) is 2. The second-order valence-electron chi connectivity index (χ2n) is 6.09. The van der Waals surface area contributed by atoms with Gasteiger partial charge >= 0.3 is 5.97 Å². The summed E-state index contributed by atoms with van der Waals surface area (Å²) in [6, 6.07) is 0. The third-order valence-corrected chi connectivity index (χ3v) is 4.78. The first-order chi connectivity index (χ1) is 9.66. The van der Waals surface area contributed by atoms with Crippen molar-refractivity contribution in [2.75, 3.05) is 6.54 Å². The van der Waals surface area contributed by atoms with Gasteiger partial charge in [0.25, 0.3) is 0 Å². The number of rotatable bonds is 4. The standard InChI is InChI=1S/C15H21NO4/c17-14(16-8-9-4-2-1-3-5-9)12-10-6-7-11(20-10)13(12)15(18)19/h6-7,9-13H,1-5,8H2,(H,16,17)(H,18,19)/t10-,11-,12-,13+/m1/s1. The lowest BCUT2D eigenvalue weighted by atomic mass is 9.82. The molecule has 1 saturated heterocycles. The summed E-state index contributed by atoms with van der Waals surface area (Å²) in [5.74, 6) is -1.88. The van der Waals surface area contributed by atoms with Crippen LogP contribution in [0.4, 0.5) is 0 Å². The van der Waals surface area contributed by atoms with E-state index in [1.807, 2.05) is 6.08 Å². The molecule has 2 aliphatic heterocycles. The summed E-state index contributed by atoms with van der Waals surface area (Å²) in [6.45, 7) is 0.669. The first kappa shape index (κ1) is 13.6. The topological polar surface area (TPSA) is 75.6 Å². The van der Waals surface area contributed by atoms with Crippen molar-refractivity contribution in [1.29, 1.82) is 0 Å². The van der Waals surface area contributed by atoms with Crippen LogP contribution in [0, 0.1) is 17.8 Å². The summed E-state index contributed by atoms with van der Waals surface area (Å²) in [7, 11) is 0. The molecule has 1 aliphatic carbocycles. The van der Waals surface area contributed by atoms with Crippen molar-refractivity contribution in [3.05, 3.63) is 12.2 Å². The quantitative estimate of drug-likeness (QED) is 0.761. The maximum absolute atomic E-state index is 12.3. The Labute approximate surface area is 118 Å². The molecule has 0 aromatic carbocycles. The van der Waals surface area contributed by atoms with E-state index in [2.05, 4.69) is 5.32 Å². The molecular weight excluding hydrogens is 258 g/mol. The Morgan fingerprint density at radius 2 is 1.75 bits per heavy atom. The third kappa shape index (κ3) is 2.46. The SMILES string of the molecule is O=C(O)[C@@H]1[C@H](C(=O)NCC2CCCCC2)[C@H]2C=C[C@H]1O2. The molecule has 3 aliphatic rings. The van der Waals surface area contributed by atoms with Crippen LogP contribution in [0.3, 0.4) is 0 Å². The number of nitrogens with one attached hydrogen (secondary N) is 1. The van der Waals surface area contributed by atoms with Gasteiger partial charge in [-0.15, -0.1) is 0 Å². The van der Waals surface area contributed by atoms with E-state index in [1.165, 1.54) is 19.3 Å². The zero-order chi connectivity index (χ0) is 14.1. The highest BCUT2D eigenvalue weighted by Crippen LogP contribution is 2.39. The van der Waals surface area contributed by atoms with Gasteiger partial charge in [0.1, 0.15) is 5.92 Å². The summed E-state index contributed by atoms with van der Waals surface area (Å²) in [5.41, 5.74) is 0. The van der Waals surface area contributed by atoms with Crippen LogP contribution in [0.1, 0.15) is 32.1 Å². The fraction of sp³-hybridized carbons (Fsp3) is 0.733. The molecule has 0 aromatic heterocycles. The number of fused-ring (bicyclic) bond motifs is 2. The molecule has 4 atom stereocenters. The zero-order valence-corrected chi connectivity index (χ0v) is 11.5. The highest BCUT2D eigenvalue weighted by atomic mass is 16.5. The Bertz CT molecular complexity index is 428. The van der Waals surface area contributed by atoms with Gasteiger partial charge in [-0.25, -0.2) is 0 Å². The molecule has 2 bridgehead atoms. The van der Waals surface area contributed by atoms with Gasteiger partial charge in [-0.1, -0.05) is 31.4 Å². The van der Waals surface area contributed by atoms with Crippen LogP contribution in [-0.4, -0.2) is 35.7 Å². The molecule has 1 amide bonds. The first-order valence-electron chi connectivity index (χ1n) is 7.51. The number of carbonyl (C=O) groups excluding carboxylic acids is 1. The number of ether oxygens (including phenoxy) is 1. The fourth-order valence-electron chi connectivity index (χ4n) is 3.67. The largest absolute Gasteiger partial charge is 0.481 e. The highest BCUT2D eigenvalue weighted by molar-refractivity contribution is 5.87. The van der Waals surface area contributed by atoms with Gasteiger partial charge in [0.2, 0.25) is 5.91 Å². The zero-order valence-electron chi connectivity index (χ0n) is 11.5. The number of carboxylic acids is 1. The monoisotopic (exact) mass is 279 g/mol. The van der Waals surface area contributed by atoms with Gasteiger partial charge in [-0.3, -0.25) is 9.59 Å². The molecule has 5 nitrogen and oxygen atoms in total. The van der Waals surface area contributed by atoms with Gasteiger partial charge < -0.3 is 15.2 Å². The van der Waals surface area contributed by atoms with E-state index in [0.717, 1.165) is 12.8 Å². The molecule has 2 fully saturated rings. The Kier molecular flexibility index (Phi) is 3.78. The molecule has 0 radical (unpaired) electrons. The summed E-state index contributed by atoms with van der Waals surface area (Å²) in [6.07, 6.45) is 8.84. The van der Waals surface area contributed by atoms with Crippen molar-refractivity contribution in [3.8, 4) is 0 Å². The van der Waals surface area contributed by atoms with E-state index in [0.29, 0.717) is 12.5 Å². The average molecular weight is 279 g/mol. The summed E-state index contributed by atoms with van der Waals surface area (Å²) in [4.78, 5) is 23.6. The third-order valence-electron chi connectivity index (χ3n) is 4.78. The smallest absolute Gasteiger partial charge is 0.310 e. The van der Waals surface area contributed by atoms with Crippen LogP contribution in [0.5, 0.6) is 0 Å². The lowest BCUT2D eigenvalue weighted by Gasteiger charge is -2.25. The van der Waals surface area contributed by atoms with Crippen LogP contribution in [0.15, 0.2) is 12.2 Å². The lowest BCUT2D eigenvalue weighted by molar-refractivity contribution is -0.146. The molecule has 5 heteroatoms. The minimum atomic E-state index is -0.945. The number of hydrogen-bond acceptors (Lipinski definition) is 3. The van der Waals surface area contributed by atoms with Crippen LogP contribution in [0.2, 0.25) is 0 Å². The molecule has 0 unspecified atom stereocenters. The Hall–Kier alpha value is -1.36. The molecule has 3 rings (SSSR count). The van der Waals surface area contributed by atoms with Crippen LogP contribution in [0.25, 0.3) is 0 Å². The lowest BCUT2D eigenvalue weighted by Crippen LogP contribution is -2.43. The predicted molar refractivity (Wildman–Crippen MR) is 72.0 cm³/mol. The molecular formula is C15H21NO4. The average Bonchev–Trinajstić information content (AvgIpc) is 3.06. The van der Waals surface area contributed by atoms with Crippen molar-refractivity contribution in [3.63, 3.8) is 0 Å². The van der Waals surface area contributed by atoms with Crippen molar-refractivity contribution in [1.82, 2.24) is 5.32 Å². The van der Waals surface area contributed by atoms with Gasteiger partial charge in [0.15, 0.2) is 0 Å². The molecule has 0 aromatic rings. The van der Waals surface area contributed by atoms with E-state index in [1.54, 1.807) is 6.08 Å². The maximum atomic E-state index is 12.3. The summed E-state index contributed by atoms with van der Waals surface area (Å²) in [5, 5.41) is 12.2. The van der Waals surface area contributed by atoms with Crippen molar-refractivity contribution < 1.29 is 19.4 Å². The Morgan fingerprint density at radius 3 is 2.40 bits per heavy atom. The highest BCUT2D eigenvalue weighted by Gasteiger charge is 2.53. The van der Waals surface area contributed by atoms with Crippen LogP contribution in [-0.2, 0) is 14.3 Å². The van der Waals surface area contributed by atoms with Gasteiger partial charge in [0, 0.05) is 6.54 Å². The fourth-order valence-corrected chi connectivity index (χ4v) is 3.67. The Balaban J connectivity index is 1.58. The predicted octanol–water partition coefficient (Wildman–Crippen LogP) is 1.34. The minimum Gasteiger partial charge on any atom is -0.481 e. The molecule has 2 N–H and O–H groups in total. The van der Waals surface area contributed by atoms with Gasteiger partial charge in [0.05, 0.1) is 18.1 Å². The minimum absolute atomic E-state index is 0.167.